The third-order valence-electron chi connectivity index (χ3n) is 2.94. The van der Waals surface area contributed by atoms with E-state index in [9.17, 15) is 4.79 Å². The van der Waals surface area contributed by atoms with Crippen molar-refractivity contribution in [2.24, 2.45) is 0 Å². The Morgan fingerprint density at radius 3 is 2.47 bits per heavy atom. The molecule has 104 valence electrons. The van der Waals surface area contributed by atoms with Gasteiger partial charge >= 0.3 is 0 Å². The third kappa shape index (κ3) is 4.87. The zero-order valence-corrected chi connectivity index (χ0v) is 13.7. The SMILES string of the molecule is O=C(NCCN1CCOCC1)c1cc(Br)cc(Br)c1. The number of carbonyl (C=O) groups excluding carboxylic acids is 1. The second-order valence-corrected chi connectivity index (χ2v) is 6.20. The number of carbonyl (C=O) groups is 1. The number of halogens is 2. The van der Waals surface area contributed by atoms with Crippen LogP contribution in [0.2, 0.25) is 0 Å². The highest BCUT2D eigenvalue weighted by molar-refractivity contribution is 9.11. The second-order valence-electron chi connectivity index (χ2n) is 4.37. The Balaban J connectivity index is 1.80. The number of morpholine rings is 1. The molecule has 1 saturated heterocycles. The number of rotatable bonds is 4. The first-order valence-corrected chi connectivity index (χ1v) is 7.78. The van der Waals surface area contributed by atoms with Gasteiger partial charge in [-0.05, 0) is 18.2 Å². The van der Waals surface area contributed by atoms with Crippen LogP contribution in [0.4, 0.5) is 0 Å². The Kier molecular flexibility index (Phi) is 5.81. The van der Waals surface area contributed by atoms with Crippen LogP contribution in [0.15, 0.2) is 27.1 Å². The van der Waals surface area contributed by atoms with Gasteiger partial charge in [-0.2, -0.15) is 0 Å². The number of hydrogen-bond acceptors (Lipinski definition) is 3. The maximum atomic E-state index is 12.0. The lowest BCUT2D eigenvalue weighted by atomic mass is 10.2. The maximum absolute atomic E-state index is 12.0. The van der Waals surface area contributed by atoms with Crippen molar-refractivity contribution in [2.45, 2.75) is 0 Å². The van der Waals surface area contributed by atoms with E-state index in [-0.39, 0.29) is 5.91 Å². The Hall–Kier alpha value is -0.430. The molecule has 0 atom stereocenters. The summed E-state index contributed by atoms with van der Waals surface area (Å²) < 4.78 is 7.06. The number of ether oxygens (including phenoxy) is 1. The zero-order chi connectivity index (χ0) is 13.7. The molecule has 1 N–H and O–H groups in total. The number of amides is 1. The molecule has 1 aromatic rings. The van der Waals surface area contributed by atoms with Gasteiger partial charge < -0.3 is 10.1 Å². The van der Waals surface area contributed by atoms with Gasteiger partial charge in [-0.25, -0.2) is 0 Å². The molecule has 0 aromatic heterocycles. The molecule has 1 aliphatic heterocycles. The van der Waals surface area contributed by atoms with Crippen molar-refractivity contribution in [1.82, 2.24) is 10.2 Å². The lowest BCUT2D eigenvalue weighted by molar-refractivity contribution is 0.0383. The van der Waals surface area contributed by atoms with Crippen LogP contribution in [0.5, 0.6) is 0 Å². The Bertz CT molecular complexity index is 428. The van der Waals surface area contributed by atoms with Crippen LogP contribution in [-0.4, -0.2) is 50.2 Å². The molecule has 1 fully saturated rings. The largest absolute Gasteiger partial charge is 0.379 e. The average molecular weight is 392 g/mol. The van der Waals surface area contributed by atoms with E-state index in [4.69, 9.17) is 4.74 Å². The first-order chi connectivity index (χ1) is 9.15. The number of nitrogens with one attached hydrogen (secondary N) is 1. The van der Waals surface area contributed by atoms with Crippen LogP contribution in [0.25, 0.3) is 0 Å². The van der Waals surface area contributed by atoms with Crippen LogP contribution in [0.3, 0.4) is 0 Å². The zero-order valence-electron chi connectivity index (χ0n) is 10.5. The molecular weight excluding hydrogens is 376 g/mol. The quantitative estimate of drug-likeness (QED) is 0.855. The van der Waals surface area contributed by atoms with Gasteiger partial charge in [-0.1, -0.05) is 31.9 Å². The number of nitrogens with zero attached hydrogens (tertiary/aromatic N) is 1. The summed E-state index contributed by atoms with van der Waals surface area (Å²) in [6.45, 7) is 4.98. The van der Waals surface area contributed by atoms with Gasteiger partial charge in [-0.15, -0.1) is 0 Å². The summed E-state index contributed by atoms with van der Waals surface area (Å²) >= 11 is 6.76. The Labute approximate surface area is 129 Å². The normalized spacial score (nSPS) is 16.3. The van der Waals surface area contributed by atoms with Gasteiger partial charge in [0.1, 0.15) is 0 Å². The summed E-state index contributed by atoms with van der Waals surface area (Å²) in [5.74, 6) is -0.0461. The topological polar surface area (TPSA) is 41.6 Å². The lowest BCUT2D eigenvalue weighted by Crippen LogP contribution is -2.41. The highest BCUT2D eigenvalue weighted by Gasteiger charge is 2.11. The van der Waals surface area contributed by atoms with Gasteiger partial charge in [0.15, 0.2) is 0 Å². The lowest BCUT2D eigenvalue weighted by Gasteiger charge is -2.26. The fourth-order valence-electron chi connectivity index (χ4n) is 1.94. The summed E-state index contributed by atoms with van der Waals surface area (Å²) in [7, 11) is 0. The molecule has 0 radical (unpaired) electrons. The minimum absolute atomic E-state index is 0.0461. The molecule has 0 bridgehead atoms. The molecule has 0 spiro atoms. The van der Waals surface area contributed by atoms with Crippen LogP contribution in [-0.2, 0) is 4.74 Å². The van der Waals surface area contributed by atoms with Crippen molar-refractivity contribution in [3.63, 3.8) is 0 Å². The standard InChI is InChI=1S/C13H16Br2N2O2/c14-11-7-10(8-12(15)9-11)13(18)16-1-2-17-3-5-19-6-4-17/h7-9H,1-6H2,(H,16,18). The average Bonchev–Trinajstić information content (AvgIpc) is 2.38. The maximum Gasteiger partial charge on any atom is 0.251 e. The predicted molar refractivity (Wildman–Crippen MR) is 81.4 cm³/mol. The van der Waals surface area contributed by atoms with Crippen molar-refractivity contribution in [3.05, 3.63) is 32.7 Å². The molecule has 2 rings (SSSR count). The predicted octanol–water partition coefficient (Wildman–Crippen LogP) is 2.27. The summed E-state index contributed by atoms with van der Waals surface area (Å²) in [4.78, 5) is 14.3. The minimum Gasteiger partial charge on any atom is -0.379 e. The van der Waals surface area contributed by atoms with Gasteiger partial charge in [0, 0.05) is 40.7 Å². The van der Waals surface area contributed by atoms with Crippen molar-refractivity contribution in [2.75, 3.05) is 39.4 Å². The highest BCUT2D eigenvalue weighted by atomic mass is 79.9. The van der Waals surface area contributed by atoms with Crippen molar-refractivity contribution in [3.8, 4) is 0 Å². The Morgan fingerprint density at radius 1 is 1.21 bits per heavy atom. The molecule has 0 saturated carbocycles. The van der Waals surface area contributed by atoms with E-state index in [1.165, 1.54) is 0 Å². The first kappa shape index (κ1) is 15.0. The summed E-state index contributed by atoms with van der Waals surface area (Å²) in [5.41, 5.74) is 0.656. The van der Waals surface area contributed by atoms with E-state index in [0.717, 1.165) is 41.8 Å². The third-order valence-corrected chi connectivity index (χ3v) is 3.86. The molecule has 0 unspecified atom stereocenters. The number of hydrogen-bond donors (Lipinski definition) is 1. The molecule has 1 aliphatic rings. The van der Waals surface area contributed by atoms with E-state index in [0.29, 0.717) is 12.1 Å². The van der Waals surface area contributed by atoms with Gasteiger partial charge in [-0.3, -0.25) is 9.69 Å². The molecule has 19 heavy (non-hydrogen) atoms. The first-order valence-electron chi connectivity index (χ1n) is 6.19. The fraction of sp³-hybridized carbons (Fsp3) is 0.462. The molecule has 0 aliphatic carbocycles. The second kappa shape index (κ2) is 7.38. The Morgan fingerprint density at radius 2 is 1.84 bits per heavy atom. The molecule has 6 heteroatoms. The molecular formula is C13H16Br2N2O2. The summed E-state index contributed by atoms with van der Waals surface area (Å²) in [6, 6.07) is 5.54. The van der Waals surface area contributed by atoms with E-state index in [1.54, 1.807) is 0 Å². The van der Waals surface area contributed by atoms with Gasteiger partial charge in [0.25, 0.3) is 5.91 Å². The smallest absolute Gasteiger partial charge is 0.251 e. The molecule has 1 amide bonds. The molecule has 4 nitrogen and oxygen atoms in total. The van der Waals surface area contributed by atoms with Gasteiger partial charge in [0.05, 0.1) is 13.2 Å². The minimum atomic E-state index is -0.0461. The van der Waals surface area contributed by atoms with Crippen LogP contribution >= 0.6 is 31.9 Å². The molecule has 1 aromatic carbocycles. The fourth-order valence-corrected chi connectivity index (χ4v) is 3.23. The van der Waals surface area contributed by atoms with Crippen LogP contribution < -0.4 is 5.32 Å². The van der Waals surface area contributed by atoms with E-state index >= 15 is 0 Å². The monoisotopic (exact) mass is 390 g/mol. The van der Waals surface area contributed by atoms with E-state index in [1.807, 2.05) is 18.2 Å². The van der Waals surface area contributed by atoms with E-state index < -0.39 is 0 Å². The summed E-state index contributed by atoms with van der Waals surface area (Å²) in [6.07, 6.45) is 0. The van der Waals surface area contributed by atoms with Crippen LogP contribution in [0, 0.1) is 0 Å². The summed E-state index contributed by atoms with van der Waals surface area (Å²) in [5, 5.41) is 2.94. The van der Waals surface area contributed by atoms with Crippen LogP contribution in [0.1, 0.15) is 10.4 Å². The van der Waals surface area contributed by atoms with Gasteiger partial charge in [0.2, 0.25) is 0 Å². The number of benzene rings is 1. The van der Waals surface area contributed by atoms with Crippen molar-refractivity contribution >= 4 is 37.8 Å². The molecule has 1 heterocycles. The van der Waals surface area contributed by atoms with Crippen molar-refractivity contribution < 1.29 is 9.53 Å². The van der Waals surface area contributed by atoms with E-state index in [2.05, 4.69) is 42.1 Å². The van der Waals surface area contributed by atoms with Crippen molar-refractivity contribution in [1.29, 1.82) is 0 Å². The highest BCUT2D eigenvalue weighted by Crippen LogP contribution is 2.19.